The molecule has 3 aromatic rings. The van der Waals surface area contributed by atoms with Crippen molar-refractivity contribution in [3.63, 3.8) is 0 Å². The monoisotopic (exact) mass is 429 g/mol. The molecule has 4 rings (SSSR count). The summed E-state index contributed by atoms with van der Waals surface area (Å²) >= 11 is 0. The summed E-state index contributed by atoms with van der Waals surface area (Å²) in [5.74, 6) is 0.531. The second-order valence-electron chi connectivity index (χ2n) is 8.57. The highest BCUT2D eigenvalue weighted by Crippen LogP contribution is 2.40. The third-order valence-electron chi connectivity index (χ3n) is 6.51. The van der Waals surface area contributed by atoms with E-state index in [1.807, 2.05) is 66.7 Å². The van der Waals surface area contributed by atoms with Crippen LogP contribution in [0.15, 0.2) is 78.9 Å². The van der Waals surface area contributed by atoms with E-state index in [1.54, 1.807) is 7.11 Å². The smallest absolute Gasteiger partial charge is 0.232 e. The van der Waals surface area contributed by atoms with Gasteiger partial charge in [0, 0.05) is 30.7 Å². The zero-order chi connectivity index (χ0) is 22.4. The first-order valence-corrected chi connectivity index (χ1v) is 11.2. The first kappa shape index (κ1) is 22.1. The number of hydrogen-bond acceptors (Lipinski definition) is 3. The fraction of sp³-hybridized carbons (Fsp3) is 0.321. The summed E-state index contributed by atoms with van der Waals surface area (Å²) in [6, 6.07) is 26.2. The van der Waals surface area contributed by atoms with Crippen LogP contribution in [0.2, 0.25) is 0 Å². The van der Waals surface area contributed by atoms with E-state index in [2.05, 4.69) is 24.4 Å². The van der Waals surface area contributed by atoms with Gasteiger partial charge in [0.05, 0.1) is 13.0 Å². The molecule has 1 aliphatic rings. The van der Waals surface area contributed by atoms with Crippen LogP contribution in [0.1, 0.15) is 41.0 Å². The molecule has 0 spiro atoms. The van der Waals surface area contributed by atoms with Gasteiger partial charge < -0.3 is 14.8 Å². The Labute approximate surface area is 190 Å². The molecule has 1 aliphatic heterocycles. The number of benzene rings is 3. The highest BCUT2D eigenvalue weighted by atomic mass is 16.5. The molecule has 0 unspecified atom stereocenters. The molecular formula is C28H31NO3. The van der Waals surface area contributed by atoms with Crippen molar-refractivity contribution in [3.8, 4) is 5.75 Å². The molecule has 3 aromatic carbocycles. The number of ether oxygens (including phenoxy) is 2. The SMILES string of the molecule is COc1ccc(C)cc1C1(CNC(=O)C(c2ccccc2)c2ccccc2)CCOCC1. The lowest BCUT2D eigenvalue weighted by Crippen LogP contribution is -2.46. The number of methoxy groups -OCH3 is 1. The lowest BCUT2D eigenvalue weighted by Gasteiger charge is -2.39. The molecule has 4 heteroatoms. The summed E-state index contributed by atoms with van der Waals surface area (Å²) in [4.78, 5) is 13.6. The van der Waals surface area contributed by atoms with Gasteiger partial charge in [-0.1, -0.05) is 78.4 Å². The molecule has 0 aliphatic carbocycles. The molecule has 1 fully saturated rings. The number of rotatable bonds is 7. The van der Waals surface area contributed by atoms with Crippen LogP contribution in [0, 0.1) is 6.92 Å². The summed E-state index contributed by atoms with van der Waals surface area (Å²) in [7, 11) is 1.71. The number of carbonyl (C=O) groups is 1. The average Bonchev–Trinajstić information content (AvgIpc) is 2.85. The van der Waals surface area contributed by atoms with E-state index in [4.69, 9.17) is 9.47 Å². The summed E-state index contributed by atoms with van der Waals surface area (Å²) in [5.41, 5.74) is 4.10. The molecule has 1 amide bonds. The Hall–Kier alpha value is -3.11. The third-order valence-corrected chi connectivity index (χ3v) is 6.51. The van der Waals surface area contributed by atoms with E-state index >= 15 is 0 Å². The predicted octanol–water partition coefficient (Wildman–Crippen LogP) is 5.00. The zero-order valence-electron chi connectivity index (χ0n) is 18.8. The van der Waals surface area contributed by atoms with Gasteiger partial charge in [0.25, 0.3) is 0 Å². The Kier molecular flexibility index (Phi) is 6.91. The minimum absolute atomic E-state index is 0.0138. The standard InChI is InChI=1S/C28H31NO3/c1-21-13-14-25(31-2)24(19-21)28(15-17-32-18-16-28)20-29-27(30)26(22-9-5-3-6-10-22)23-11-7-4-8-12-23/h3-14,19,26H,15-18,20H2,1-2H3,(H,29,30). The Morgan fingerprint density at radius 2 is 1.56 bits per heavy atom. The van der Waals surface area contributed by atoms with Crippen molar-refractivity contribution in [2.45, 2.75) is 31.1 Å². The lowest BCUT2D eigenvalue weighted by atomic mass is 9.73. The minimum Gasteiger partial charge on any atom is -0.496 e. The Morgan fingerprint density at radius 3 is 2.12 bits per heavy atom. The van der Waals surface area contributed by atoms with Gasteiger partial charge in [-0.2, -0.15) is 0 Å². The number of nitrogens with one attached hydrogen (secondary N) is 1. The molecule has 1 heterocycles. The van der Waals surface area contributed by atoms with E-state index in [9.17, 15) is 4.79 Å². The van der Waals surface area contributed by atoms with E-state index in [0.717, 1.165) is 35.3 Å². The largest absolute Gasteiger partial charge is 0.496 e. The van der Waals surface area contributed by atoms with Crippen molar-refractivity contribution >= 4 is 5.91 Å². The van der Waals surface area contributed by atoms with Crippen molar-refractivity contribution in [2.75, 3.05) is 26.9 Å². The van der Waals surface area contributed by atoms with Gasteiger partial charge in [-0.05, 0) is 37.0 Å². The topological polar surface area (TPSA) is 47.6 Å². The molecule has 4 nitrogen and oxygen atoms in total. The number of amides is 1. The summed E-state index contributed by atoms with van der Waals surface area (Å²) < 4.78 is 11.4. The van der Waals surface area contributed by atoms with Crippen molar-refractivity contribution in [2.24, 2.45) is 0 Å². The molecule has 1 N–H and O–H groups in total. The minimum atomic E-state index is -0.353. The first-order valence-electron chi connectivity index (χ1n) is 11.2. The van der Waals surface area contributed by atoms with Crippen LogP contribution >= 0.6 is 0 Å². The molecule has 0 aromatic heterocycles. The van der Waals surface area contributed by atoms with E-state index < -0.39 is 0 Å². The van der Waals surface area contributed by atoms with Crippen LogP contribution in [0.4, 0.5) is 0 Å². The normalized spacial score (nSPS) is 15.3. The summed E-state index contributed by atoms with van der Waals surface area (Å²) in [6.07, 6.45) is 1.68. The van der Waals surface area contributed by atoms with E-state index in [1.165, 1.54) is 5.56 Å². The Balaban J connectivity index is 1.64. The van der Waals surface area contributed by atoms with Gasteiger partial charge >= 0.3 is 0 Å². The fourth-order valence-electron chi connectivity index (χ4n) is 4.68. The van der Waals surface area contributed by atoms with Crippen LogP contribution in [0.25, 0.3) is 0 Å². The number of aryl methyl sites for hydroxylation is 1. The van der Waals surface area contributed by atoms with Gasteiger partial charge in [-0.25, -0.2) is 0 Å². The van der Waals surface area contributed by atoms with Gasteiger partial charge in [-0.15, -0.1) is 0 Å². The maximum atomic E-state index is 13.6. The van der Waals surface area contributed by atoms with Crippen molar-refractivity contribution in [3.05, 3.63) is 101 Å². The van der Waals surface area contributed by atoms with Crippen molar-refractivity contribution < 1.29 is 14.3 Å². The van der Waals surface area contributed by atoms with Gasteiger partial charge in [-0.3, -0.25) is 4.79 Å². The number of hydrogen-bond donors (Lipinski definition) is 1. The Morgan fingerprint density at radius 1 is 0.969 bits per heavy atom. The van der Waals surface area contributed by atoms with Crippen LogP contribution in [0.3, 0.4) is 0 Å². The molecular weight excluding hydrogens is 398 g/mol. The van der Waals surface area contributed by atoms with Crippen LogP contribution < -0.4 is 10.1 Å². The average molecular weight is 430 g/mol. The van der Waals surface area contributed by atoms with Crippen LogP contribution in [-0.4, -0.2) is 32.8 Å². The molecule has 32 heavy (non-hydrogen) atoms. The number of carbonyl (C=O) groups excluding carboxylic acids is 1. The molecule has 0 bridgehead atoms. The van der Waals surface area contributed by atoms with Gasteiger partial charge in [0.15, 0.2) is 0 Å². The first-order chi connectivity index (χ1) is 15.6. The molecule has 0 radical (unpaired) electrons. The third kappa shape index (κ3) is 4.71. The van der Waals surface area contributed by atoms with Crippen LogP contribution in [0.5, 0.6) is 5.75 Å². The summed E-state index contributed by atoms with van der Waals surface area (Å²) in [5, 5.41) is 3.31. The quantitative estimate of drug-likeness (QED) is 0.575. The van der Waals surface area contributed by atoms with E-state index in [-0.39, 0.29) is 17.2 Å². The van der Waals surface area contributed by atoms with Crippen molar-refractivity contribution in [1.82, 2.24) is 5.32 Å². The fourth-order valence-corrected chi connectivity index (χ4v) is 4.68. The van der Waals surface area contributed by atoms with E-state index in [0.29, 0.717) is 19.8 Å². The molecule has 0 saturated carbocycles. The zero-order valence-corrected chi connectivity index (χ0v) is 18.8. The summed E-state index contributed by atoms with van der Waals surface area (Å²) in [6.45, 7) is 3.99. The molecule has 1 saturated heterocycles. The Bertz CT molecular complexity index is 988. The highest BCUT2D eigenvalue weighted by molar-refractivity contribution is 5.87. The van der Waals surface area contributed by atoms with Crippen molar-refractivity contribution in [1.29, 1.82) is 0 Å². The molecule has 0 atom stereocenters. The van der Waals surface area contributed by atoms with Gasteiger partial charge in [0.2, 0.25) is 5.91 Å². The second-order valence-corrected chi connectivity index (χ2v) is 8.57. The maximum Gasteiger partial charge on any atom is 0.232 e. The second kappa shape index (κ2) is 10.0. The maximum absolute atomic E-state index is 13.6. The molecule has 166 valence electrons. The highest BCUT2D eigenvalue weighted by Gasteiger charge is 2.38. The van der Waals surface area contributed by atoms with Gasteiger partial charge in [0.1, 0.15) is 5.75 Å². The predicted molar refractivity (Wildman–Crippen MR) is 127 cm³/mol. The lowest BCUT2D eigenvalue weighted by molar-refractivity contribution is -0.122. The van der Waals surface area contributed by atoms with Crippen LogP contribution in [-0.2, 0) is 14.9 Å².